The van der Waals surface area contributed by atoms with Crippen molar-refractivity contribution in [2.45, 2.75) is 39.5 Å². The predicted octanol–water partition coefficient (Wildman–Crippen LogP) is 1.98. The van der Waals surface area contributed by atoms with Crippen molar-refractivity contribution in [3.05, 3.63) is 0 Å². The van der Waals surface area contributed by atoms with Crippen molar-refractivity contribution in [2.24, 2.45) is 23.5 Å². The molecule has 0 aliphatic heterocycles. The van der Waals surface area contributed by atoms with Gasteiger partial charge in [-0.25, -0.2) is 0 Å². The number of hydrogen-bond acceptors (Lipinski definition) is 2. The number of carbonyl (C=O) groups excluding carboxylic acids is 1. The van der Waals surface area contributed by atoms with Crippen LogP contribution >= 0.6 is 0 Å². The third kappa shape index (κ3) is 2.80. The topological polar surface area (TPSA) is 43.1 Å². The largest absolute Gasteiger partial charge is 0.330 e. The van der Waals surface area contributed by atoms with Crippen molar-refractivity contribution in [3.8, 4) is 0 Å². The third-order valence-corrected chi connectivity index (χ3v) is 3.18. The summed E-state index contributed by atoms with van der Waals surface area (Å²) in [6.07, 6.45) is 4.69. The van der Waals surface area contributed by atoms with Crippen molar-refractivity contribution in [3.63, 3.8) is 0 Å². The zero-order valence-corrected chi connectivity index (χ0v) is 8.75. The molecule has 1 saturated carbocycles. The van der Waals surface area contributed by atoms with E-state index in [1.165, 1.54) is 12.8 Å². The Balaban J connectivity index is 2.46. The number of carbonyl (C=O) groups is 1. The maximum atomic E-state index is 11.8. The van der Waals surface area contributed by atoms with Crippen molar-refractivity contribution in [2.75, 3.05) is 6.54 Å². The Bertz CT molecular complexity index is 179. The van der Waals surface area contributed by atoms with Crippen molar-refractivity contribution in [1.29, 1.82) is 0 Å². The average Bonchev–Trinajstić information content (AvgIpc) is 2.15. The molecule has 1 aliphatic rings. The van der Waals surface area contributed by atoms with Gasteiger partial charge in [0.1, 0.15) is 5.78 Å². The molecule has 0 radical (unpaired) electrons. The lowest BCUT2D eigenvalue weighted by molar-refractivity contribution is -0.127. The maximum Gasteiger partial charge on any atom is 0.140 e. The minimum Gasteiger partial charge on any atom is -0.330 e. The Hall–Kier alpha value is -0.370. The molecule has 0 aromatic carbocycles. The number of ketones is 1. The molecule has 3 atom stereocenters. The van der Waals surface area contributed by atoms with Gasteiger partial charge in [-0.3, -0.25) is 4.79 Å². The second kappa shape index (κ2) is 4.75. The van der Waals surface area contributed by atoms with E-state index in [2.05, 4.69) is 6.92 Å². The van der Waals surface area contributed by atoms with Crippen LogP contribution in [0.5, 0.6) is 0 Å². The molecule has 2 nitrogen and oxygen atoms in total. The summed E-state index contributed by atoms with van der Waals surface area (Å²) >= 11 is 0. The Morgan fingerprint density at radius 1 is 1.54 bits per heavy atom. The van der Waals surface area contributed by atoms with Gasteiger partial charge in [0.25, 0.3) is 0 Å². The molecule has 1 rings (SSSR count). The summed E-state index contributed by atoms with van der Waals surface area (Å²) in [7, 11) is 0. The SMILES string of the molecule is CC1CCCC(C(=O)C(C)CN)C1. The molecule has 2 N–H and O–H groups in total. The van der Waals surface area contributed by atoms with E-state index in [4.69, 9.17) is 5.73 Å². The molecule has 3 unspecified atom stereocenters. The summed E-state index contributed by atoms with van der Waals surface area (Å²) in [5.74, 6) is 1.50. The van der Waals surface area contributed by atoms with E-state index in [1.54, 1.807) is 0 Å². The minimum atomic E-state index is 0.0651. The molecule has 13 heavy (non-hydrogen) atoms. The molecular weight excluding hydrogens is 162 g/mol. The van der Waals surface area contributed by atoms with Gasteiger partial charge in [0.2, 0.25) is 0 Å². The van der Waals surface area contributed by atoms with Gasteiger partial charge in [-0.2, -0.15) is 0 Å². The molecule has 0 bridgehead atoms. The number of Topliss-reactive ketones (excluding diaryl/α,β-unsaturated/α-hetero) is 1. The van der Waals surface area contributed by atoms with Gasteiger partial charge in [-0.15, -0.1) is 0 Å². The number of hydrogen-bond donors (Lipinski definition) is 1. The molecule has 1 fully saturated rings. The van der Waals surface area contributed by atoms with E-state index in [9.17, 15) is 4.79 Å². The molecular formula is C11H21NO. The van der Waals surface area contributed by atoms with E-state index in [0.29, 0.717) is 18.2 Å². The summed E-state index contributed by atoms with van der Waals surface area (Å²) in [6.45, 7) is 4.69. The molecule has 2 heteroatoms. The average molecular weight is 183 g/mol. The molecule has 1 aliphatic carbocycles. The van der Waals surface area contributed by atoms with Crippen LogP contribution in [0.1, 0.15) is 39.5 Å². The summed E-state index contributed by atoms with van der Waals surface area (Å²) in [6, 6.07) is 0. The van der Waals surface area contributed by atoms with E-state index >= 15 is 0 Å². The van der Waals surface area contributed by atoms with Crippen LogP contribution in [0.25, 0.3) is 0 Å². The van der Waals surface area contributed by atoms with Gasteiger partial charge in [0, 0.05) is 18.4 Å². The first-order chi connectivity index (χ1) is 6.15. The van der Waals surface area contributed by atoms with Crippen LogP contribution in [-0.4, -0.2) is 12.3 Å². The Labute approximate surface area is 80.9 Å². The minimum absolute atomic E-state index is 0.0651. The summed E-state index contributed by atoms with van der Waals surface area (Å²) in [4.78, 5) is 11.8. The van der Waals surface area contributed by atoms with Crippen LogP contribution < -0.4 is 5.73 Å². The standard InChI is InChI=1S/C11H21NO/c1-8-4-3-5-10(6-8)11(13)9(2)7-12/h8-10H,3-7,12H2,1-2H3. The maximum absolute atomic E-state index is 11.8. The molecule has 0 saturated heterocycles. The van der Waals surface area contributed by atoms with Gasteiger partial charge >= 0.3 is 0 Å². The third-order valence-electron chi connectivity index (χ3n) is 3.18. The molecule has 0 amide bonds. The van der Waals surface area contributed by atoms with Crippen LogP contribution in [0.2, 0.25) is 0 Å². The fraction of sp³-hybridized carbons (Fsp3) is 0.909. The fourth-order valence-electron chi connectivity index (χ4n) is 2.21. The first-order valence-corrected chi connectivity index (χ1v) is 5.39. The van der Waals surface area contributed by atoms with Gasteiger partial charge in [0.15, 0.2) is 0 Å². The van der Waals surface area contributed by atoms with Crippen LogP contribution in [0.15, 0.2) is 0 Å². The Morgan fingerprint density at radius 3 is 2.77 bits per heavy atom. The van der Waals surface area contributed by atoms with Gasteiger partial charge in [-0.1, -0.05) is 26.7 Å². The normalized spacial score (nSPS) is 31.3. The lowest BCUT2D eigenvalue weighted by atomic mass is 9.77. The predicted molar refractivity (Wildman–Crippen MR) is 54.3 cm³/mol. The second-order valence-electron chi connectivity index (χ2n) is 4.51. The van der Waals surface area contributed by atoms with Crippen LogP contribution in [0, 0.1) is 17.8 Å². The number of rotatable bonds is 3. The highest BCUT2D eigenvalue weighted by Crippen LogP contribution is 2.30. The van der Waals surface area contributed by atoms with Crippen molar-refractivity contribution in [1.82, 2.24) is 0 Å². The monoisotopic (exact) mass is 183 g/mol. The molecule has 0 aromatic rings. The quantitative estimate of drug-likeness (QED) is 0.727. The van der Waals surface area contributed by atoms with E-state index in [-0.39, 0.29) is 5.92 Å². The van der Waals surface area contributed by atoms with E-state index in [0.717, 1.165) is 18.8 Å². The highest BCUT2D eigenvalue weighted by Gasteiger charge is 2.27. The molecule has 76 valence electrons. The highest BCUT2D eigenvalue weighted by molar-refractivity contribution is 5.83. The molecule has 0 heterocycles. The second-order valence-corrected chi connectivity index (χ2v) is 4.51. The van der Waals surface area contributed by atoms with E-state index < -0.39 is 0 Å². The Morgan fingerprint density at radius 2 is 2.23 bits per heavy atom. The van der Waals surface area contributed by atoms with Crippen molar-refractivity contribution >= 4 is 5.78 Å². The summed E-state index contributed by atoms with van der Waals surface area (Å²) in [5.41, 5.74) is 5.49. The summed E-state index contributed by atoms with van der Waals surface area (Å²) in [5, 5.41) is 0. The Kier molecular flexibility index (Phi) is 3.91. The van der Waals surface area contributed by atoms with Gasteiger partial charge in [0.05, 0.1) is 0 Å². The zero-order valence-electron chi connectivity index (χ0n) is 8.75. The van der Waals surface area contributed by atoms with Gasteiger partial charge in [-0.05, 0) is 18.8 Å². The smallest absolute Gasteiger partial charge is 0.140 e. The zero-order chi connectivity index (χ0) is 9.84. The number of nitrogens with two attached hydrogens (primary N) is 1. The van der Waals surface area contributed by atoms with Crippen LogP contribution in [0.4, 0.5) is 0 Å². The van der Waals surface area contributed by atoms with Crippen LogP contribution in [-0.2, 0) is 4.79 Å². The van der Waals surface area contributed by atoms with Crippen molar-refractivity contribution < 1.29 is 4.79 Å². The lowest BCUT2D eigenvalue weighted by Gasteiger charge is -2.27. The fourth-order valence-corrected chi connectivity index (χ4v) is 2.21. The van der Waals surface area contributed by atoms with Gasteiger partial charge < -0.3 is 5.73 Å². The first-order valence-electron chi connectivity index (χ1n) is 5.39. The molecule has 0 spiro atoms. The summed E-state index contributed by atoms with van der Waals surface area (Å²) < 4.78 is 0. The molecule has 0 aromatic heterocycles. The first kappa shape index (κ1) is 10.7. The highest BCUT2D eigenvalue weighted by atomic mass is 16.1. The van der Waals surface area contributed by atoms with Crippen LogP contribution in [0.3, 0.4) is 0 Å². The van der Waals surface area contributed by atoms with E-state index in [1.807, 2.05) is 6.92 Å². The lowest BCUT2D eigenvalue weighted by Crippen LogP contribution is -2.30.